The topological polar surface area (TPSA) is 88.5 Å². The predicted octanol–water partition coefficient (Wildman–Crippen LogP) is 3.27. The lowest BCUT2D eigenvalue weighted by atomic mass is 10.2. The number of fused-ring (bicyclic) bond motifs is 1. The minimum absolute atomic E-state index is 0.240. The number of benzene rings is 1. The van der Waals surface area contributed by atoms with E-state index in [4.69, 9.17) is 0 Å². The number of pyridine rings is 1. The van der Waals surface area contributed by atoms with E-state index in [-0.39, 0.29) is 5.91 Å². The largest absolute Gasteiger partial charge is 0.319 e. The van der Waals surface area contributed by atoms with Crippen molar-refractivity contribution in [1.82, 2.24) is 24.7 Å². The van der Waals surface area contributed by atoms with Crippen LogP contribution in [0.5, 0.6) is 0 Å². The van der Waals surface area contributed by atoms with Gasteiger partial charge in [0.2, 0.25) is 0 Å². The highest BCUT2D eigenvalue weighted by Gasteiger charge is 2.26. The second-order valence-electron chi connectivity index (χ2n) is 6.45. The number of aromatic nitrogens is 5. The Balaban J connectivity index is 1.35. The standard InChI is InChI=1S/C19H16N6O/c26-19(16-9-15(23-24-16)12-5-6-12)22-13-7-8-18(20-10-13)25-11-21-14-3-1-2-4-17(14)25/h1-4,7-12H,5-6H2,(H,22,26)(H,23,24). The molecule has 1 saturated carbocycles. The summed E-state index contributed by atoms with van der Waals surface area (Å²) in [5.74, 6) is 1.04. The van der Waals surface area contributed by atoms with Crippen molar-refractivity contribution in [3.63, 3.8) is 0 Å². The van der Waals surface area contributed by atoms with Crippen molar-refractivity contribution >= 4 is 22.6 Å². The van der Waals surface area contributed by atoms with Gasteiger partial charge in [-0.15, -0.1) is 0 Å². The smallest absolute Gasteiger partial charge is 0.276 e. The quantitative estimate of drug-likeness (QED) is 0.595. The van der Waals surface area contributed by atoms with Crippen LogP contribution in [0.15, 0.2) is 55.0 Å². The van der Waals surface area contributed by atoms with E-state index in [1.54, 1.807) is 12.5 Å². The first-order valence-corrected chi connectivity index (χ1v) is 8.53. The van der Waals surface area contributed by atoms with Crippen LogP contribution in [-0.4, -0.2) is 30.6 Å². The number of amides is 1. The molecule has 1 aromatic carbocycles. The molecule has 1 fully saturated rings. The van der Waals surface area contributed by atoms with Crippen LogP contribution in [0.4, 0.5) is 5.69 Å². The van der Waals surface area contributed by atoms with E-state index >= 15 is 0 Å². The molecular formula is C19H16N6O. The number of nitrogens with zero attached hydrogens (tertiary/aromatic N) is 4. The molecule has 5 rings (SSSR count). The van der Waals surface area contributed by atoms with E-state index in [0.29, 0.717) is 17.3 Å². The molecule has 7 heteroatoms. The second-order valence-corrected chi connectivity index (χ2v) is 6.45. The zero-order valence-electron chi connectivity index (χ0n) is 13.9. The molecule has 0 radical (unpaired) electrons. The number of carbonyl (C=O) groups excluding carboxylic acids is 1. The van der Waals surface area contributed by atoms with E-state index in [0.717, 1.165) is 35.4 Å². The molecule has 0 bridgehead atoms. The molecule has 7 nitrogen and oxygen atoms in total. The summed E-state index contributed by atoms with van der Waals surface area (Å²) in [6, 6.07) is 13.4. The van der Waals surface area contributed by atoms with E-state index in [2.05, 4.69) is 25.5 Å². The summed E-state index contributed by atoms with van der Waals surface area (Å²) in [5.41, 5.74) is 3.96. The third-order valence-corrected chi connectivity index (χ3v) is 4.55. The van der Waals surface area contributed by atoms with Crippen molar-refractivity contribution in [2.24, 2.45) is 0 Å². The molecule has 128 valence electrons. The van der Waals surface area contributed by atoms with Gasteiger partial charge in [-0.05, 0) is 43.2 Å². The van der Waals surface area contributed by atoms with Gasteiger partial charge in [-0.2, -0.15) is 5.10 Å². The normalized spacial score (nSPS) is 13.8. The van der Waals surface area contributed by atoms with Crippen LogP contribution in [0, 0.1) is 0 Å². The fraction of sp³-hybridized carbons (Fsp3) is 0.158. The highest BCUT2D eigenvalue weighted by Crippen LogP contribution is 2.39. The van der Waals surface area contributed by atoms with Crippen LogP contribution in [0.3, 0.4) is 0 Å². The summed E-state index contributed by atoms with van der Waals surface area (Å²) in [6.07, 6.45) is 5.71. The number of nitrogens with one attached hydrogen (secondary N) is 2. The van der Waals surface area contributed by atoms with Crippen LogP contribution in [0.2, 0.25) is 0 Å². The monoisotopic (exact) mass is 344 g/mol. The number of hydrogen-bond donors (Lipinski definition) is 2. The summed E-state index contributed by atoms with van der Waals surface area (Å²) < 4.78 is 1.91. The fourth-order valence-corrected chi connectivity index (χ4v) is 3.00. The Morgan fingerprint density at radius 1 is 1.15 bits per heavy atom. The first-order chi connectivity index (χ1) is 12.8. The molecule has 1 aliphatic rings. The van der Waals surface area contributed by atoms with Crippen LogP contribution in [0.25, 0.3) is 16.9 Å². The van der Waals surface area contributed by atoms with E-state index < -0.39 is 0 Å². The third kappa shape index (κ3) is 2.63. The van der Waals surface area contributed by atoms with Gasteiger partial charge in [0.1, 0.15) is 12.1 Å². The number of carbonyl (C=O) groups is 1. The van der Waals surface area contributed by atoms with Crippen LogP contribution in [0.1, 0.15) is 34.9 Å². The Morgan fingerprint density at radius 2 is 2.04 bits per heavy atom. The van der Waals surface area contributed by atoms with Crippen LogP contribution < -0.4 is 5.32 Å². The number of imidazole rings is 1. The summed E-state index contributed by atoms with van der Waals surface area (Å²) in [5, 5.41) is 9.87. The fourth-order valence-electron chi connectivity index (χ4n) is 3.00. The Hall–Kier alpha value is -3.48. The Bertz CT molecular complexity index is 1090. The Morgan fingerprint density at radius 3 is 2.85 bits per heavy atom. The summed E-state index contributed by atoms with van der Waals surface area (Å²) in [6.45, 7) is 0. The maximum atomic E-state index is 12.3. The lowest BCUT2D eigenvalue weighted by molar-refractivity contribution is 0.102. The van der Waals surface area contributed by atoms with Crippen LogP contribution >= 0.6 is 0 Å². The average molecular weight is 344 g/mol. The maximum Gasteiger partial charge on any atom is 0.276 e. The molecule has 0 unspecified atom stereocenters. The van der Waals surface area contributed by atoms with Gasteiger partial charge in [0.25, 0.3) is 5.91 Å². The molecular weight excluding hydrogens is 328 g/mol. The van der Waals surface area contributed by atoms with Crippen molar-refractivity contribution < 1.29 is 4.79 Å². The number of rotatable bonds is 4. The lowest BCUT2D eigenvalue weighted by Crippen LogP contribution is -2.12. The molecule has 3 aromatic heterocycles. The second kappa shape index (κ2) is 5.80. The molecule has 0 saturated heterocycles. The number of H-pyrrole nitrogens is 1. The molecule has 26 heavy (non-hydrogen) atoms. The SMILES string of the molecule is O=C(Nc1ccc(-n2cnc3ccccc32)nc1)c1cc(C2CC2)[nH]n1. The molecule has 1 aliphatic carbocycles. The summed E-state index contributed by atoms with van der Waals surface area (Å²) >= 11 is 0. The van der Waals surface area contributed by atoms with Gasteiger partial charge in [0.15, 0.2) is 5.69 Å². The van der Waals surface area contributed by atoms with Gasteiger partial charge < -0.3 is 5.32 Å². The van der Waals surface area contributed by atoms with Gasteiger partial charge >= 0.3 is 0 Å². The van der Waals surface area contributed by atoms with Gasteiger partial charge in [-0.1, -0.05) is 12.1 Å². The number of anilines is 1. The zero-order valence-corrected chi connectivity index (χ0v) is 13.9. The van der Waals surface area contributed by atoms with Gasteiger partial charge in [-0.25, -0.2) is 9.97 Å². The first-order valence-electron chi connectivity index (χ1n) is 8.53. The highest BCUT2D eigenvalue weighted by atomic mass is 16.1. The van der Waals surface area contributed by atoms with Crippen molar-refractivity contribution in [2.45, 2.75) is 18.8 Å². The van der Waals surface area contributed by atoms with Crippen molar-refractivity contribution in [1.29, 1.82) is 0 Å². The van der Waals surface area contributed by atoms with Crippen molar-refractivity contribution in [2.75, 3.05) is 5.32 Å². The van der Waals surface area contributed by atoms with Gasteiger partial charge in [0.05, 0.1) is 22.9 Å². The molecule has 2 N–H and O–H groups in total. The minimum Gasteiger partial charge on any atom is -0.319 e. The molecule has 0 spiro atoms. The number of aromatic amines is 1. The summed E-state index contributed by atoms with van der Waals surface area (Å²) in [7, 11) is 0. The zero-order chi connectivity index (χ0) is 17.5. The first kappa shape index (κ1) is 14.8. The third-order valence-electron chi connectivity index (χ3n) is 4.55. The molecule has 0 aliphatic heterocycles. The van der Waals surface area contributed by atoms with Crippen LogP contribution in [-0.2, 0) is 0 Å². The minimum atomic E-state index is -0.240. The lowest BCUT2D eigenvalue weighted by Gasteiger charge is -2.06. The average Bonchev–Trinajstić information content (AvgIpc) is 3.24. The Labute approximate surface area is 149 Å². The van der Waals surface area contributed by atoms with Crippen molar-refractivity contribution in [3.05, 3.63) is 66.4 Å². The summed E-state index contributed by atoms with van der Waals surface area (Å²) in [4.78, 5) is 21.1. The number of para-hydroxylation sites is 2. The van der Waals surface area contributed by atoms with Gasteiger partial charge in [0, 0.05) is 11.6 Å². The molecule has 0 atom stereocenters. The predicted molar refractivity (Wildman–Crippen MR) is 97.4 cm³/mol. The number of hydrogen-bond acceptors (Lipinski definition) is 4. The Kier molecular flexibility index (Phi) is 3.31. The van der Waals surface area contributed by atoms with E-state index in [1.165, 1.54) is 0 Å². The van der Waals surface area contributed by atoms with Crippen molar-refractivity contribution in [3.8, 4) is 5.82 Å². The highest BCUT2D eigenvalue weighted by molar-refractivity contribution is 6.02. The molecule has 1 amide bonds. The maximum absolute atomic E-state index is 12.3. The molecule has 4 aromatic rings. The molecule has 3 heterocycles. The van der Waals surface area contributed by atoms with E-state index in [1.807, 2.05) is 47.0 Å². The van der Waals surface area contributed by atoms with E-state index in [9.17, 15) is 4.79 Å². The van der Waals surface area contributed by atoms with Gasteiger partial charge in [-0.3, -0.25) is 14.5 Å².